The van der Waals surface area contributed by atoms with Crippen LogP contribution >= 0.6 is 0 Å². The predicted octanol–water partition coefficient (Wildman–Crippen LogP) is 1.05. The lowest BCUT2D eigenvalue weighted by molar-refractivity contribution is 0.0572. The van der Waals surface area contributed by atoms with Crippen LogP contribution in [-0.2, 0) is 6.54 Å². The molecule has 20 heavy (non-hydrogen) atoms. The molecule has 0 radical (unpaired) electrons. The van der Waals surface area contributed by atoms with E-state index >= 15 is 0 Å². The number of nitrogens with zero attached hydrogens (tertiary/aromatic N) is 4. The van der Waals surface area contributed by atoms with E-state index in [1.54, 1.807) is 28.6 Å². The second-order valence-corrected chi connectivity index (χ2v) is 5.58. The molecule has 0 saturated carbocycles. The molecule has 0 spiro atoms. The zero-order chi connectivity index (χ0) is 14.3. The molecular weight excluding hydrogens is 256 g/mol. The number of carbonyl (C=O) groups excluding carboxylic acids is 1. The van der Waals surface area contributed by atoms with Gasteiger partial charge in [0.15, 0.2) is 0 Å². The fourth-order valence-electron chi connectivity index (χ4n) is 2.64. The number of amides is 1. The van der Waals surface area contributed by atoms with Gasteiger partial charge in [0.1, 0.15) is 5.52 Å². The highest BCUT2D eigenvalue weighted by Gasteiger charge is 2.34. The summed E-state index contributed by atoms with van der Waals surface area (Å²) >= 11 is 0. The van der Waals surface area contributed by atoms with Crippen molar-refractivity contribution in [2.24, 2.45) is 0 Å². The Bertz CT molecular complexity index is 662. The molecule has 6 heteroatoms. The molecule has 1 atom stereocenters. The van der Waals surface area contributed by atoms with E-state index in [1.165, 1.54) is 0 Å². The van der Waals surface area contributed by atoms with Gasteiger partial charge in [-0.25, -0.2) is 4.68 Å². The quantitative estimate of drug-likeness (QED) is 0.888. The van der Waals surface area contributed by atoms with Gasteiger partial charge >= 0.3 is 0 Å². The molecule has 0 bridgehead atoms. The Morgan fingerprint density at radius 2 is 2.30 bits per heavy atom. The molecule has 3 rings (SSSR count). The van der Waals surface area contributed by atoms with Gasteiger partial charge in [-0.05, 0) is 38.5 Å². The standard InChI is InChI=1S/C14H18N4O2/c1-3-18-12-5-4-10(8-11(12)15-16-18)13(19)17-7-6-14(2,20)9-17/h4-5,8,20H,3,6-7,9H2,1-2H3. The summed E-state index contributed by atoms with van der Waals surface area (Å²) in [5, 5.41) is 18.1. The second kappa shape index (κ2) is 4.56. The molecule has 0 aliphatic carbocycles. The van der Waals surface area contributed by atoms with Gasteiger partial charge in [0.25, 0.3) is 5.91 Å². The van der Waals surface area contributed by atoms with Crippen molar-refractivity contribution in [3.05, 3.63) is 23.8 Å². The van der Waals surface area contributed by atoms with Gasteiger partial charge in [0.05, 0.1) is 11.1 Å². The molecule has 1 N–H and O–H groups in total. The van der Waals surface area contributed by atoms with Crippen molar-refractivity contribution in [3.63, 3.8) is 0 Å². The first-order valence-corrected chi connectivity index (χ1v) is 6.85. The summed E-state index contributed by atoms with van der Waals surface area (Å²) in [7, 11) is 0. The van der Waals surface area contributed by atoms with Crippen LogP contribution in [0.4, 0.5) is 0 Å². The number of β-amino-alcohol motifs (C(OH)–C–C–N with tert-alkyl or cyclic N) is 1. The first kappa shape index (κ1) is 13.1. The maximum atomic E-state index is 12.4. The molecule has 106 valence electrons. The minimum Gasteiger partial charge on any atom is -0.388 e. The smallest absolute Gasteiger partial charge is 0.254 e. The van der Waals surface area contributed by atoms with Gasteiger partial charge in [-0.15, -0.1) is 5.10 Å². The van der Waals surface area contributed by atoms with Crippen molar-refractivity contribution in [2.45, 2.75) is 32.4 Å². The highest BCUT2D eigenvalue weighted by molar-refractivity contribution is 5.97. The average Bonchev–Trinajstić information content (AvgIpc) is 3.00. The molecule has 1 fully saturated rings. The Morgan fingerprint density at radius 3 is 2.95 bits per heavy atom. The Morgan fingerprint density at radius 1 is 1.50 bits per heavy atom. The number of aryl methyl sites for hydroxylation is 1. The predicted molar refractivity (Wildman–Crippen MR) is 74.3 cm³/mol. The molecule has 1 aromatic carbocycles. The van der Waals surface area contributed by atoms with Gasteiger partial charge in [-0.3, -0.25) is 4.79 Å². The third-order valence-electron chi connectivity index (χ3n) is 3.80. The second-order valence-electron chi connectivity index (χ2n) is 5.58. The number of hydrogen-bond acceptors (Lipinski definition) is 4. The Balaban J connectivity index is 1.89. The lowest BCUT2D eigenvalue weighted by Gasteiger charge is -2.19. The largest absolute Gasteiger partial charge is 0.388 e. The SMILES string of the molecule is CCn1nnc2cc(C(=O)N3CCC(C)(O)C3)ccc21. The summed E-state index contributed by atoms with van der Waals surface area (Å²) < 4.78 is 1.80. The number of rotatable bonds is 2. The van der Waals surface area contributed by atoms with E-state index in [2.05, 4.69) is 10.3 Å². The van der Waals surface area contributed by atoms with Crippen LogP contribution in [0.5, 0.6) is 0 Å². The molecule has 1 unspecified atom stereocenters. The van der Waals surface area contributed by atoms with Crippen molar-refractivity contribution < 1.29 is 9.90 Å². The molecule has 2 heterocycles. The monoisotopic (exact) mass is 274 g/mol. The molecule has 1 aliphatic rings. The van der Waals surface area contributed by atoms with Crippen LogP contribution < -0.4 is 0 Å². The molecule has 6 nitrogen and oxygen atoms in total. The van der Waals surface area contributed by atoms with E-state index in [1.807, 2.05) is 13.0 Å². The van der Waals surface area contributed by atoms with E-state index in [-0.39, 0.29) is 5.91 Å². The zero-order valence-corrected chi connectivity index (χ0v) is 11.7. The van der Waals surface area contributed by atoms with Crippen LogP contribution in [-0.4, -0.2) is 49.6 Å². The Kier molecular flexibility index (Phi) is 2.97. The van der Waals surface area contributed by atoms with Crippen LogP contribution in [0.2, 0.25) is 0 Å². The number of likely N-dealkylation sites (tertiary alicyclic amines) is 1. The number of aliphatic hydroxyl groups is 1. The average molecular weight is 274 g/mol. The van der Waals surface area contributed by atoms with Crippen LogP contribution in [0.3, 0.4) is 0 Å². The first-order valence-electron chi connectivity index (χ1n) is 6.85. The summed E-state index contributed by atoms with van der Waals surface area (Å²) in [6.07, 6.45) is 0.618. The molecular formula is C14H18N4O2. The van der Waals surface area contributed by atoms with E-state index in [0.717, 1.165) is 17.6 Å². The summed E-state index contributed by atoms with van der Waals surface area (Å²) in [6.45, 7) is 5.48. The summed E-state index contributed by atoms with van der Waals surface area (Å²) in [5.41, 5.74) is 1.48. The third-order valence-corrected chi connectivity index (χ3v) is 3.80. The van der Waals surface area contributed by atoms with Gasteiger partial charge < -0.3 is 10.0 Å². The fraction of sp³-hybridized carbons (Fsp3) is 0.500. The summed E-state index contributed by atoms with van der Waals surface area (Å²) in [4.78, 5) is 14.1. The van der Waals surface area contributed by atoms with Crippen LogP contribution in [0, 0.1) is 0 Å². The number of fused-ring (bicyclic) bond motifs is 1. The highest BCUT2D eigenvalue weighted by atomic mass is 16.3. The zero-order valence-electron chi connectivity index (χ0n) is 11.7. The van der Waals surface area contributed by atoms with Crippen LogP contribution in [0.25, 0.3) is 11.0 Å². The van der Waals surface area contributed by atoms with E-state index in [0.29, 0.717) is 25.1 Å². The van der Waals surface area contributed by atoms with E-state index < -0.39 is 5.60 Å². The van der Waals surface area contributed by atoms with Crippen LogP contribution in [0.1, 0.15) is 30.6 Å². The van der Waals surface area contributed by atoms with Gasteiger partial charge in [0.2, 0.25) is 0 Å². The molecule has 1 aliphatic heterocycles. The minimum atomic E-state index is -0.773. The number of benzene rings is 1. The minimum absolute atomic E-state index is 0.0595. The summed E-state index contributed by atoms with van der Waals surface area (Å²) in [6, 6.07) is 5.44. The van der Waals surface area contributed by atoms with Gasteiger partial charge in [-0.2, -0.15) is 0 Å². The maximum Gasteiger partial charge on any atom is 0.254 e. The normalized spacial score (nSPS) is 22.6. The topological polar surface area (TPSA) is 71.2 Å². The first-order chi connectivity index (χ1) is 9.50. The van der Waals surface area contributed by atoms with E-state index in [9.17, 15) is 9.90 Å². The lowest BCUT2D eigenvalue weighted by Crippen LogP contribution is -2.33. The van der Waals surface area contributed by atoms with Crippen molar-refractivity contribution in [1.29, 1.82) is 0 Å². The van der Waals surface area contributed by atoms with Crippen LogP contribution in [0.15, 0.2) is 18.2 Å². The molecule has 1 amide bonds. The molecule has 1 aromatic heterocycles. The van der Waals surface area contributed by atoms with Crippen molar-refractivity contribution in [1.82, 2.24) is 19.9 Å². The number of aromatic nitrogens is 3. The Labute approximate surface area is 117 Å². The van der Waals surface area contributed by atoms with Crippen molar-refractivity contribution in [2.75, 3.05) is 13.1 Å². The van der Waals surface area contributed by atoms with Crippen molar-refractivity contribution >= 4 is 16.9 Å². The fourth-order valence-corrected chi connectivity index (χ4v) is 2.64. The maximum absolute atomic E-state index is 12.4. The lowest BCUT2D eigenvalue weighted by atomic mass is 10.1. The number of hydrogen-bond donors (Lipinski definition) is 1. The van der Waals surface area contributed by atoms with Crippen molar-refractivity contribution in [3.8, 4) is 0 Å². The van der Waals surface area contributed by atoms with Gasteiger partial charge in [0, 0.05) is 25.2 Å². The van der Waals surface area contributed by atoms with Gasteiger partial charge in [-0.1, -0.05) is 5.21 Å². The molecule has 2 aromatic rings. The number of carbonyl (C=O) groups is 1. The highest BCUT2D eigenvalue weighted by Crippen LogP contribution is 2.23. The molecule has 1 saturated heterocycles. The summed E-state index contributed by atoms with van der Waals surface area (Å²) in [5.74, 6) is -0.0595. The third kappa shape index (κ3) is 2.16. The van der Waals surface area contributed by atoms with E-state index in [4.69, 9.17) is 0 Å². The Hall–Kier alpha value is -1.95.